The van der Waals surface area contributed by atoms with Crippen LogP contribution in [0.3, 0.4) is 0 Å². The molecule has 0 aliphatic carbocycles. The van der Waals surface area contributed by atoms with Gasteiger partial charge < -0.3 is 19.7 Å². The summed E-state index contributed by atoms with van der Waals surface area (Å²) in [5.74, 6) is 0.597. The molecule has 0 radical (unpaired) electrons. The quantitative estimate of drug-likeness (QED) is 0.827. The molecule has 2 aromatic rings. The summed E-state index contributed by atoms with van der Waals surface area (Å²) >= 11 is 0. The Morgan fingerprint density at radius 1 is 1.00 bits per heavy atom. The largest absolute Gasteiger partial charge is 0.493 e. The maximum atomic E-state index is 12.4. The van der Waals surface area contributed by atoms with Crippen LogP contribution in [0.1, 0.15) is 19.4 Å². The van der Waals surface area contributed by atoms with Crippen molar-refractivity contribution in [1.82, 2.24) is 0 Å². The van der Waals surface area contributed by atoms with Gasteiger partial charge in [-0.15, -0.1) is 0 Å². The van der Waals surface area contributed by atoms with E-state index in [1.807, 2.05) is 24.3 Å². The number of hydrogen-bond acceptors (Lipinski definition) is 4. The molecule has 2 amide bonds. The smallest absolute Gasteiger partial charge is 0.244 e. The van der Waals surface area contributed by atoms with E-state index in [9.17, 15) is 9.59 Å². The van der Waals surface area contributed by atoms with Gasteiger partial charge in [0, 0.05) is 24.4 Å². The lowest BCUT2D eigenvalue weighted by molar-refractivity contribution is -0.120. The SMILES string of the molecule is CCc1ccc(N(CC(=O)Nc2ccc(OC)c(OC)c2)C(C)=O)cc1. The second kappa shape index (κ2) is 8.89. The van der Waals surface area contributed by atoms with Crippen molar-refractivity contribution in [3.63, 3.8) is 0 Å². The van der Waals surface area contributed by atoms with Crippen LogP contribution in [0.25, 0.3) is 0 Å². The molecule has 2 rings (SSSR count). The minimum Gasteiger partial charge on any atom is -0.493 e. The Bertz CT molecular complexity index is 772. The average molecular weight is 356 g/mol. The number of nitrogens with one attached hydrogen (secondary N) is 1. The van der Waals surface area contributed by atoms with Crippen molar-refractivity contribution in [2.75, 3.05) is 31.0 Å². The first kappa shape index (κ1) is 19.3. The highest BCUT2D eigenvalue weighted by atomic mass is 16.5. The van der Waals surface area contributed by atoms with Crippen LogP contribution in [0.2, 0.25) is 0 Å². The number of methoxy groups -OCH3 is 2. The summed E-state index contributed by atoms with van der Waals surface area (Å²) in [6.07, 6.45) is 0.917. The molecule has 0 saturated heterocycles. The zero-order chi connectivity index (χ0) is 19.1. The van der Waals surface area contributed by atoms with Crippen molar-refractivity contribution in [3.8, 4) is 11.5 Å². The summed E-state index contributed by atoms with van der Waals surface area (Å²) in [5, 5.41) is 2.78. The molecule has 138 valence electrons. The molecule has 6 nitrogen and oxygen atoms in total. The summed E-state index contributed by atoms with van der Waals surface area (Å²) in [5.41, 5.74) is 2.43. The highest BCUT2D eigenvalue weighted by Gasteiger charge is 2.16. The molecular weight excluding hydrogens is 332 g/mol. The highest BCUT2D eigenvalue weighted by molar-refractivity contribution is 6.01. The molecule has 26 heavy (non-hydrogen) atoms. The van der Waals surface area contributed by atoms with E-state index in [1.54, 1.807) is 25.3 Å². The number of anilines is 2. The summed E-state index contributed by atoms with van der Waals surface area (Å²) in [6.45, 7) is 3.43. The van der Waals surface area contributed by atoms with Crippen LogP contribution in [0.5, 0.6) is 11.5 Å². The highest BCUT2D eigenvalue weighted by Crippen LogP contribution is 2.29. The molecule has 0 spiro atoms. The molecule has 0 unspecified atom stereocenters. The van der Waals surface area contributed by atoms with E-state index in [1.165, 1.54) is 24.5 Å². The fourth-order valence-corrected chi connectivity index (χ4v) is 2.55. The maximum absolute atomic E-state index is 12.4. The number of carbonyl (C=O) groups excluding carboxylic acids is 2. The van der Waals surface area contributed by atoms with Crippen LogP contribution in [0.4, 0.5) is 11.4 Å². The number of nitrogens with zero attached hydrogens (tertiary/aromatic N) is 1. The van der Waals surface area contributed by atoms with Crippen LogP contribution in [0, 0.1) is 0 Å². The van der Waals surface area contributed by atoms with Gasteiger partial charge in [-0.05, 0) is 36.2 Å². The topological polar surface area (TPSA) is 67.9 Å². The Hall–Kier alpha value is -3.02. The van der Waals surface area contributed by atoms with E-state index in [0.29, 0.717) is 22.9 Å². The first-order chi connectivity index (χ1) is 12.5. The van der Waals surface area contributed by atoms with Crippen molar-refractivity contribution in [1.29, 1.82) is 0 Å². The van der Waals surface area contributed by atoms with E-state index in [-0.39, 0.29) is 18.4 Å². The van der Waals surface area contributed by atoms with E-state index >= 15 is 0 Å². The third kappa shape index (κ3) is 4.75. The van der Waals surface area contributed by atoms with Gasteiger partial charge in [0.1, 0.15) is 6.54 Å². The number of hydrogen-bond donors (Lipinski definition) is 1. The number of ether oxygens (including phenoxy) is 2. The van der Waals surface area contributed by atoms with Gasteiger partial charge in [-0.3, -0.25) is 9.59 Å². The van der Waals surface area contributed by atoms with Crippen LogP contribution in [-0.4, -0.2) is 32.6 Å². The lowest BCUT2D eigenvalue weighted by Gasteiger charge is -2.21. The van der Waals surface area contributed by atoms with E-state index in [2.05, 4.69) is 12.2 Å². The van der Waals surface area contributed by atoms with Crippen molar-refractivity contribution < 1.29 is 19.1 Å². The maximum Gasteiger partial charge on any atom is 0.244 e. The fraction of sp³-hybridized carbons (Fsp3) is 0.300. The minimum atomic E-state index is -0.299. The van der Waals surface area contributed by atoms with Gasteiger partial charge in [0.2, 0.25) is 11.8 Å². The third-order valence-corrected chi connectivity index (χ3v) is 4.01. The van der Waals surface area contributed by atoms with Gasteiger partial charge in [-0.1, -0.05) is 19.1 Å². The Kier molecular flexibility index (Phi) is 6.60. The van der Waals surface area contributed by atoms with Crippen molar-refractivity contribution in [3.05, 3.63) is 48.0 Å². The predicted molar refractivity (Wildman–Crippen MR) is 102 cm³/mol. The van der Waals surface area contributed by atoms with Crippen molar-refractivity contribution >= 4 is 23.2 Å². The zero-order valence-corrected chi connectivity index (χ0v) is 15.5. The second-order valence-corrected chi connectivity index (χ2v) is 5.74. The van der Waals surface area contributed by atoms with Gasteiger partial charge in [-0.25, -0.2) is 0 Å². The average Bonchev–Trinajstić information content (AvgIpc) is 2.65. The Balaban J connectivity index is 2.11. The normalized spacial score (nSPS) is 10.2. The van der Waals surface area contributed by atoms with Gasteiger partial charge in [0.15, 0.2) is 11.5 Å². The molecule has 0 fully saturated rings. The fourth-order valence-electron chi connectivity index (χ4n) is 2.55. The molecule has 0 aliphatic heterocycles. The standard InChI is InChI=1S/C20H24N2O4/c1-5-15-6-9-17(10-7-15)22(14(2)23)13-20(24)21-16-8-11-18(25-3)19(12-16)26-4/h6-12H,5,13H2,1-4H3,(H,21,24). The first-order valence-corrected chi connectivity index (χ1v) is 8.37. The molecule has 2 aromatic carbocycles. The first-order valence-electron chi connectivity index (χ1n) is 8.37. The summed E-state index contributed by atoms with van der Waals surface area (Å²) in [4.78, 5) is 25.8. The minimum absolute atomic E-state index is 0.0743. The molecule has 0 aliphatic rings. The van der Waals surface area contributed by atoms with Crippen molar-refractivity contribution in [2.45, 2.75) is 20.3 Å². The number of benzene rings is 2. The lowest BCUT2D eigenvalue weighted by Crippen LogP contribution is -2.36. The summed E-state index contributed by atoms with van der Waals surface area (Å²) in [7, 11) is 3.07. The van der Waals surface area contributed by atoms with Gasteiger partial charge >= 0.3 is 0 Å². The number of carbonyl (C=O) groups is 2. The monoisotopic (exact) mass is 356 g/mol. The lowest BCUT2D eigenvalue weighted by atomic mass is 10.1. The predicted octanol–water partition coefficient (Wildman–Crippen LogP) is 3.26. The number of amides is 2. The molecule has 0 atom stereocenters. The molecule has 6 heteroatoms. The molecular formula is C20H24N2O4. The van der Waals surface area contributed by atoms with Crippen LogP contribution in [0.15, 0.2) is 42.5 Å². The Labute approximate surface area is 153 Å². The Morgan fingerprint density at radius 3 is 2.19 bits per heavy atom. The van der Waals surface area contributed by atoms with Gasteiger partial charge in [0.25, 0.3) is 0 Å². The van der Waals surface area contributed by atoms with Crippen LogP contribution >= 0.6 is 0 Å². The number of rotatable bonds is 7. The number of aryl methyl sites for hydroxylation is 1. The summed E-state index contributed by atoms with van der Waals surface area (Å²) in [6, 6.07) is 12.7. The van der Waals surface area contributed by atoms with E-state index in [0.717, 1.165) is 6.42 Å². The molecule has 0 aromatic heterocycles. The zero-order valence-electron chi connectivity index (χ0n) is 15.5. The van der Waals surface area contributed by atoms with Crippen LogP contribution in [-0.2, 0) is 16.0 Å². The van der Waals surface area contributed by atoms with Crippen molar-refractivity contribution in [2.24, 2.45) is 0 Å². The summed E-state index contributed by atoms with van der Waals surface area (Å²) < 4.78 is 10.4. The van der Waals surface area contributed by atoms with E-state index < -0.39 is 0 Å². The van der Waals surface area contributed by atoms with Gasteiger partial charge in [-0.2, -0.15) is 0 Å². The molecule has 1 N–H and O–H groups in total. The van der Waals surface area contributed by atoms with E-state index in [4.69, 9.17) is 9.47 Å². The second-order valence-electron chi connectivity index (χ2n) is 5.74. The molecule has 0 heterocycles. The Morgan fingerprint density at radius 2 is 1.65 bits per heavy atom. The van der Waals surface area contributed by atoms with Gasteiger partial charge in [0.05, 0.1) is 14.2 Å². The van der Waals surface area contributed by atoms with Crippen LogP contribution < -0.4 is 19.7 Å². The third-order valence-electron chi connectivity index (χ3n) is 4.01. The molecule has 0 bridgehead atoms. The molecule has 0 saturated carbocycles.